The minimum atomic E-state index is -0.0160. The normalized spacial score (nSPS) is 11.9. The fraction of sp³-hybridized carbons (Fsp3) is 0.571. The molecule has 132 valence electrons. The first-order valence-electron chi connectivity index (χ1n) is 8.79. The zero-order valence-corrected chi connectivity index (χ0v) is 17.0. The second-order valence-electron chi connectivity index (χ2n) is 7.83. The lowest BCUT2D eigenvalue weighted by molar-refractivity contribution is 0.380. The lowest BCUT2D eigenvalue weighted by Crippen LogP contribution is -2.15. The summed E-state index contributed by atoms with van der Waals surface area (Å²) < 4.78 is 7.77. The number of methoxy groups -OCH3 is 1. The molecular formula is C21H32N2O. The minimum Gasteiger partial charge on any atom is -0.481 e. The van der Waals surface area contributed by atoms with E-state index in [1.807, 2.05) is 4.68 Å². The van der Waals surface area contributed by atoms with Crippen LogP contribution in [0.2, 0.25) is 0 Å². The summed E-state index contributed by atoms with van der Waals surface area (Å²) in [7, 11) is 1.73. The predicted octanol–water partition coefficient (Wildman–Crippen LogP) is 5.28. The van der Waals surface area contributed by atoms with E-state index in [2.05, 4.69) is 62.3 Å². The van der Waals surface area contributed by atoms with Gasteiger partial charge in [0, 0.05) is 11.0 Å². The van der Waals surface area contributed by atoms with Crippen molar-refractivity contribution in [2.75, 3.05) is 7.11 Å². The van der Waals surface area contributed by atoms with Crippen LogP contribution in [0.3, 0.4) is 0 Å². The Kier molecular flexibility index (Phi) is 4.85. The summed E-state index contributed by atoms with van der Waals surface area (Å²) in [4.78, 5) is 0. The highest BCUT2D eigenvalue weighted by atomic mass is 16.5. The topological polar surface area (TPSA) is 27.1 Å². The van der Waals surface area contributed by atoms with Crippen molar-refractivity contribution in [2.45, 2.75) is 74.1 Å². The van der Waals surface area contributed by atoms with Crippen molar-refractivity contribution < 1.29 is 4.74 Å². The van der Waals surface area contributed by atoms with Gasteiger partial charge in [-0.1, -0.05) is 27.7 Å². The van der Waals surface area contributed by atoms with E-state index in [4.69, 9.17) is 9.84 Å². The zero-order valence-electron chi connectivity index (χ0n) is 17.0. The van der Waals surface area contributed by atoms with Crippen molar-refractivity contribution in [1.82, 2.24) is 9.78 Å². The number of ether oxygens (including phenoxy) is 1. The molecule has 1 heterocycles. The van der Waals surface area contributed by atoms with E-state index in [9.17, 15) is 0 Å². The molecule has 0 atom stereocenters. The highest BCUT2D eigenvalue weighted by Gasteiger charge is 2.27. The summed E-state index contributed by atoms with van der Waals surface area (Å²) >= 11 is 0. The molecule has 2 aromatic rings. The molecule has 0 bridgehead atoms. The van der Waals surface area contributed by atoms with E-state index in [1.165, 1.54) is 27.8 Å². The van der Waals surface area contributed by atoms with E-state index >= 15 is 0 Å². The molecule has 0 amide bonds. The first-order valence-corrected chi connectivity index (χ1v) is 8.79. The number of hydrogen-bond donors (Lipinski definition) is 0. The molecule has 0 aliphatic carbocycles. The monoisotopic (exact) mass is 328 g/mol. The van der Waals surface area contributed by atoms with Crippen molar-refractivity contribution in [3.63, 3.8) is 0 Å². The van der Waals surface area contributed by atoms with Crippen LogP contribution in [0.1, 0.15) is 66.8 Å². The Balaban J connectivity index is 2.88. The summed E-state index contributed by atoms with van der Waals surface area (Å²) in [6, 6.07) is 0. The van der Waals surface area contributed by atoms with Crippen LogP contribution >= 0.6 is 0 Å². The average molecular weight is 329 g/mol. The third-order valence-electron chi connectivity index (χ3n) is 5.28. The molecule has 1 aromatic heterocycles. The molecule has 3 heteroatoms. The predicted molar refractivity (Wildman–Crippen MR) is 102 cm³/mol. The Morgan fingerprint density at radius 2 is 1.38 bits per heavy atom. The molecule has 0 fully saturated rings. The summed E-state index contributed by atoms with van der Waals surface area (Å²) in [6.45, 7) is 19.8. The van der Waals surface area contributed by atoms with E-state index in [-0.39, 0.29) is 5.41 Å². The van der Waals surface area contributed by atoms with Gasteiger partial charge in [0.2, 0.25) is 5.88 Å². The average Bonchev–Trinajstić information content (AvgIpc) is 2.83. The van der Waals surface area contributed by atoms with Gasteiger partial charge in [0.25, 0.3) is 0 Å². The van der Waals surface area contributed by atoms with Gasteiger partial charge in [0.05, 0.1) is 18.5 Å². The molecule has 0 aliphatic heterocycles. The highest BCUT2D eigenvalue weighted by molar-refractivity contribution is 5.59. The minimum absolute atomic E-state index is 0.0160. The fourth-order valence-corrected chi connectivity index (χ4v) is 3.80. The molecule has 0 spiro atoms. The number of nitrogens with zero attached hydrogens (tertiary/aromatic N) is 2. The van der Waals surface area contributed by atoms with Crippen LogP contribution in [-0.2, 0) is 11.8 Å². The Hall–Kier alpha value is -1.77. The van der Waals surface area contributed by atoms with Gasteiger partial charge in [-0.3, -0.25) is 0 Å². The summed E-state index contributed by atoms with van der Waals surface area (Å²) in [5, 5.41) is 4.97. The van der Waals surface area contributed by atoms with Crippen LogP contribution < -0.4 is 4.74 Å². The van der Waals surface area contributed by atoms with Gasteiger partial charge in [-0.25, -0.2) is 4.68 Å². The number of hydrogen-bond acceptors (Lipinski definition) is 2. The number of aromatic nitrogens is 2. The Morgan fingerprint density at radius 3 is 1.75 bits per heavy atom. The summed E-state index contributed by atoms with van der Waals surface area (Å²) in [5.74, 6) is 0.842. The molecule has 1 aromatic carbocycles. The molecule has 0 aliphatic rings. The maximum absolute atomic E-state index is 5.75. The maximum atomic E-state index is 5.75. The third-order valence-corrected chi connectivity index (χ3v) is 5.28. The quantitative estimate of drug-likeness (QED) is 0.766. The first-order chi connectivity index (χ1) is 11.1. The standard InChI is InChI=1S/C21H32N2O/c1-11-17-12(2)14(4)18(15(5)13(17)3)23-20(24-10)16(6)19(22-23)21(7,8)9/h11H2,1-10H3. The van der Waals surface area contributed by atoms with Crippen molar-refractivity contribution in [2.24, 2.45) is 0 Å². The second-order valence-corrected chi connectivity index (χ2v) is 7.83. The summed E-state index contributed by atoms with van der Waals surface area (Å²) in [6.07, 6.45) is 1.06. The van der Waals surface area contributed by atoms with Crippen LogP contribution in [0.25, 0.3) is 5.69 Å². The molecular weight excluding hydrogens is 296 g/mol. The Labute approximate surface area is 147 Å². The van der Waals surface area contributed by atoms with Crippen LogP contribution in [-0.4, -0.2) is 16.9 Å². The van der Waals surface area contributed by atoms with Crippen LogP contribution in [0.5, 0.6) is 5.88 Å². The first kappa shape index (κ1) is 18.6. The van der Waals surface area contributed by atoms with Crippen molar-refractivity contribution in [3.05, 3.63) is 39.1 Å². The van der Waals surface area contributed by atoms with Gasteiger partial charge >= 0.3 is 0 Å². The largest absolute Gasteiger partial charge is 0.481 e. The van der Waals surface area contributed by atoms with E-state index in [0.29, 0.717) is 0 Å². The summed E-state index contributed by atoms with van der Waals surface area (Å²) in [5.41, 5.74) is 10.1. The van der Waals surface area contributed by atoms with Crippen molar-refractivity contribution in [1.29, 1.82) is 0 Å². The van der Waals surface area contributed by atoms with E-state index in [1.54, 1.807) is 7.11 Å². The molecule has 3 nitrogen and oxygen atoms in total. The lowest BCUT2D eigenvalue weighted by atomic mass is 9.90. The smallest absolute Gasteiger partial charge is 0.219 e. The van der Waals surface area contributed by atoms with E-state index < -0.39 is 0 Å². The lowest BCUT2D eigenvalue weighted by Gasteiger charge is -2.21. The van der Waals surface area contributed by atoms with Crippen LogP contribution in [0.4, 0.5) is 0 Å². The van der Waals surface area contributed by atoms with Gasteiger partial charge in [-0.2, -0.15) is 5.10 Å². The molecule has 2 rings (SSSR count). The molecule has 0 saturated carbocycles. The molecule has 0 unspecified atom stereocenters. The van der Waals surface area contributed by atoms with E-state index in [0.717, 1.165) is 29.2 Å². The van der Waals surface area contributed by atoms with Gasteiger partial charge in [0.15, 0.2) is 0 Å². The zero-order chi connectivity index (χ0) is 18.4. The van der Waals surface area contributed by atoms with Crippen LogP contribution in [0, 0.1) is 34.6 Å². The van der Waals surface area contributed by atoms with Gasteiger partial charge < -0.3 is 4.74 Å². The molecule has 0 radical (unpaired) electrons. The SMILES string of the molecule is CCc1c(C)c(C)c(-n2nc(C(C)(C)C)c(C)c2OC)c(C)c1C. The van der Waals surface area contributed by atoms with Crippen LogP contribution in [0.15, 0.2) is 0 Å². The molecule has 0 N–H and O–H groups in total. The van der Waals surface area contributed by atoms with Gasteiger partial charge in [-0.15, -0.1) is 0 Å². The molecule has 0 saturated heterocycles. The number of benzene rings is 1. The Bertz CT molecular complexity index is 747. The van der Waals surface area contributed by atoms with Crippen molar-refractivity contribution in [3.8, 4) is 11.6 Å². The fourth-order valence-electron chi connectivity index (χ4n) is 3.80. The second kappa shape index (κ2) is 6.27. The van der Waals surface area contributed by atoms with Gasteiger partial charge in [0.1, 0.15) is 0 Å². The molecule has 24 heavy (non-hydrogen) atoms. The van der Waals surface area contributed by atoms with Crippen molar-refractivity contribution >= 4 is 0 Å². The van der Waals surface area contributed by atoms with Gasteiger partial charge in [-0.05, 0) is 68.9 Å². The number of rotatable bonds is 3. The Morgan fingerprint density at radius 1 is 0.875 bits per heavy atom. The maximum Gasteiger partial charge on any atom is 0.219 e. The third kappa shape index (κ3) is 2.74. The highest BCUT2D eigenvalue weighted by Crippen LogP contribution is 2.36.